The number of anilines is 2. The summed E-state index contributed by atoms with van der Waals surface area (Å²) in [5.74, 6) is 2.11. The van der Waals surface area contributed by atoms with E-state index < -0.39 is 6.35 Å². The van der Waals surface area contributed by atoms with Crippen LogP contribution in [0.15, 0.2) is 51.2 Å². The summed E-state index contributed by atoms with van der Waals surface area (Å²) in [5.41, 5.74) is 4.71. The average Bonchev–Trinajstić information content (AvgIpc) is 3.23. The fraction of sp³-hybridized carbons (Fsp3) is 0.188. The number of hydrogen-bond donors (Lipinski definition) is 2. The first kappa shape index (κ1) is 15.1. The molecule has 0 spiro atoms. The van der Waals surface area contributed by atoms with Crippen molar-refractivity contribution < 1.29 is 18.6 Å². The third-order valence-electron chi connectivity index (χ3n) is 3.61. The summed E-state index contributed by atoms with van der Waals surface area (Å²) in [6.45, 7) is 0. The van der Waals surface area contributed by atoms with Gasteiger partial charge < -0.3 is 23.9 Å². The molecule has 1 aliphatic rings. The van der Waals surface area contributed by atoms with Crippen molar-refractivity contribution in [2.24, 2.45) is 10.3 Å². The minimum Gasteiger partial charge on any atom is -0.497 e. The SMILES string of the molecule is COc1ccc2c(c1)NC(N=NNc1nc3cc(OC)ccc3o1)O2. The van der Waals surface area contributed by atoms with Gasteiger partial charge in [-0.05, 0) is 24.3 Å². The summed E-state index contributed by atoms with van der Waals surface area (Å²) in [5, 5.41) is 10.9. The quantitative estimate of drug-likeness (QED) is 0.541. The first-order chi connectivity index (χ1) is 12.2. The van der Waals surface area contributed by atoms with Crippen LogP contribution in [0.25, 0.3) is 11.1 Å². The Hall–Kier alpha value is -3.49. The second-order valence-corrected chi connectivity index (χ2v) is 5.16. The Morgan fingerprint density at radius 3 is 2.76 bits per heavy atom. The van der Waals surface area contributed by atoms with Crippen molar-refractivity contribution >= 4 is 22.8 Å². The van der Waals surface area contributed by atoms with E-state index in [4.69, 9.17) is 18.6 Å². The second kappa shape index (κ2) is 6.19. The molecule has 0 radical (unpaired) electrons. The van der Waals surface area contributed by atoms with Crippen molar-refractivity contribution in [1.82, 2.24) is 4.98 Å². The molecule has 0 aliphatic carbocycles. The molecule has 4 rings (SSSR count). The fourth-order valence-corrected chi connectivity index (χ4v) is 2.39. The molecular weight excluding hydrogens is 326 g/mol. The van der Waals surface area contributed by atoms with Gasteiger partial charge in [-0.25, -0.2) is 5.43 Å². The van der Waals surface area contributed by atoms with E-state index in [1.165, 1.54) is 0 Å². The maximum Gasteiger partial charge on any atom is 0.318 e. The van der Waals surface area contributed by atoms with Crippen LogP contribution in [-0.2, 0) is 0 Å². The lowest BCUT2D eigenvalue weighted by Gasteiger charge is -2.02. The van der Waals surface area contributed by atoms with Gasteiger partial charge in [0.25, 0.3) is 6.35 Å². The number of rotatable bonds is 5. The Morgan fingerprint density at radius 2 is 1.92 bits per heavy atom. The van der Waals surface area contributed by atoms with Crippen molar-refractivity contribution in [2.45, 2.75) is 6.35 Å². The Kier molecular flexibility index (Phi) is 3.73. The summed E-state index contributed by atoms with van der Waals surface area (Å²) < 4.78 is 21.4. The van der Waals surface area contributed by atoms with E-state index in [0.29, 0.717) is 22.6 Å². The van der Waals surface area contributed by atoms with Crippen molar-refractivity contribution in [2.75, 3.05) is 25.0 Å². The van der Waals surface area contributed by atoms with Gasteiger partial charge in [-0.15, -0.1) is 5.11 Å². The van der Waals surface area contributed by atoms with E-state index in [0.717, 1.165) is 11.4 Å². The first-order valence-corrected chi connectivity index (χ1v) is 7.47. The summed E-state index contributed by atoms with van der Waals surface area (Å²) in [4.78, 5) is 4.26. The van der Waals surface area contributed by atoms with Crippen LogP contribution in [0.3, 0.4) is 0 Å². The van der Waals surface area contributed by atoms with Crippen molar-refractivity contribution in [3.05, 3.63) is 36.4 Å². The van der Waals surface area contributed by atoms with Crippen LogP contribution in [0.2, 0.25) is 0 Å². The zero-order valence-corrected chi connectivity index (χ0v) is 13.5. The molecule has 0 fully saturated rings. The number of fused-ring (bicyclic) bond motifs is 2. The van der Waals surface area contributed by atoms with E-state index in [1.54, 1.807) is 38.5 Å². The maximum absolute atomic E-state index is 5.60. The topological polar surface area (TPSA) is 103 Å². The molecule has 9 heteroatoms. The maximum atomic E-state index is 5.60. The molecular formula is C16H15N5O4. The highest BCUT2D eigenvalue weighted by molar-refractivity contribution is 5.76. The van der Waals surface area contributed by atoms with Crippen molar-refractivity contribution in [3.8, 4) is 17.2 Å². The highest BCUT2D eigenvalue weighted by Crippen LogP contribution is 2.35. The molecule has 1 unspecified atom stereocenters. The standard InChI is InChI=1S/C16H15N5O4/c1-22-9-3-5-13-11(7-9)17-15(24-13)19-21-20-16-18-12-8-10(23-2)4-6-14(12)25-16/h3-8,15,17H,1-2H3,(H,18,19,20). The number of oxazole rings is 1. The molecule has 0 saturated heterocycles. The number of benzene rings is 2. The van der Waals surface area contributed by atoms with E-state index in [2.05, 4.69) is 26.1 Å². The van der Waals surface area contributed by atoms with Crippen molar-refractivity contribution in [3.63, 3.8) is 0 Å². The molecule has 3 aromatic rings. The third-order valence-corrected chi connectivity index (χ3v) is 3.61. The molecule has 1 aliphatic heterocycles. The summed E-state index contributed by atoms with van der Waals surface area (Å²) in [6, 6.07) is 11.0. The number of nitrogens with zero attached hydrogens (tertiary/aromatic N) is 3. The van der Waals surface area contributed by atoms with Crippen LogP contribution >= 0.6 is 0 Å². The Bertz CT molecular complexity index is 939. The molecule has 2 heterocycles. The largest absolute Gasteiger partial charge is 0.497 e. The van der Waals surface area contributed by atoms with Crippen LogP contribution in [0.4, 0.5) is 11.7 Å². The Balaban J connectivity index is 1.41. The smallest absolute Gasteiger partial charge is 0.318 e. The predicted octanol–water partition coefficient (Wildman–Crippen LogP) is 3.41. The normalized spacial score (nSPS) is 15.7. The number of ether oxygens (including phenoxy) is 3. The molecule has 1 aromatic heterocycles. The van der Waals surface area contributed by atoms with Gasteiger partial charge in [0.2, 0.25) is 0 Å². The second-order valence-electron chi connectivity index (χ2n) is 5.16. The summed E-state index contributed by atoms with van der Waals surface area (Å²) in [6.07, 6.45) is -0.640. The summed E-state index contributed by atoms with van der Waals surface area (Å²) in [7, 11) is 3.20. The zero-order chi connectivity index (χ0) is 17.2. The van der Waals surface area contributed by atoms with Crippen LogP contribution in [0.1, 0.15) is 0 Å². The number of hydrogen-bond acceptors (Lipinski definition) is 8. The average molecular weight is 341 g/mol. The van der Waals surface area contributed by atoms with Crippen LogP contribution in [-0.4, -0.2) is 25.6 Å². The predicted molar refractivity (Wildman–Crippen MR) is 90.1 cm³/mol. The zero-order valence-electron chi connectivity index (χ0n) is 13.5. The lowest BCUT2D eigenvalue weighted by Crippen LogP contribution is -2.16. The van der Waals surface area contributed by atoms with Gasteiger partial charge in [0, 0.05) is 12.1 Å². The molecule has 2 aromatic carbocycles. The lowest BCUT2D eigenvalue weighted by molar-refractivity contribution is 0.254. The van der Waals surface area contributed by atoms with Gasteiger partial charge in [-0.3, -0.25) is 0 Å². The number of nitrogens with one attached hydrogen (secondary N) is 2. The fourth-order valence-electron chi connectivity index (χ4n) is 2.39. The highest BCUT2D eigenvalue weighted by atomic mass is 16.5. The van der Waals surface area contributed by atoms with E-state index >= 15 is 0 Å². The number of methoxy groups -OCH3 is 2. The summed E-state index contributed by atoms with van der Waals surface area (Å²) >= 11 is 0. The minimum atomic E-state index is -0.640. The first-order valence-electron chi connectivity index (χ1n) is 7.47. The van der Waals surface area contributed by atoms with Crippen LogP contribution in [0, 0.1) is 0 Å². The van der Waals surface area contributed by atoms with Gasteiger partial charge in [-0.2, -0.15) is 4.98 Å². The molecule has 0 bridgehead atoms. The molecule has 25 heavy (non-hydrogen) atoms. The van der Waals surface area contributed by atoms with Crippen LogP contribution < -0.4 is 25.0 Å². The van der Waals surface area contributed by atoms with Gasteiger partial charge in [0.15, 0.2) is 5.58 Å². The molecule has 9 nitrogen and oxygen atoms in total. The van der Waals surface area contributed by atoms with E-state index in [9.17, 15) is 0 Å². The van der Waals surface area contributed by atoms with E-state index in [1.807, 2.05) is 12.1 Å². The minimum absolute atomic E-state index is 0.226. The van der Waals surface area contributed by atoms with E-state index in [-0.39, 0.29) is 6.01 Å². The Labute approximate surface area is 142 Å². The molecule has 1 atom stereocenters. The molecule has 2 N–H and O–H groups in total. The highest BCUT2D eigenvalue weighted by Gasteiger charge is 2.21. The van der Waals surface area contributed by atoms with Crippen LogP contribution in [0.5, 0.6) is 17.2 Å². The molecule has 0 saturated carbocycles. The van der Waals surface area contributed by atoms with Gasteiger partial charge in [0.05, 0.1) is 19.9 Å². The van der Waals surface area contributed by atoms with Gasteiger partial charge in [-0.1, -0.05) is 5.22 Å². The van der Waals surface area contributed by atoms with Gasteiger partial charge in [0.1, 0.15) is 22.8 Å². The monoisotopic (exact) mass is 341 g/mol. The third kappa shape index (κ3) is 2.99. The molecule has 0 amide bonds. The van der Waals surface area contributed by atoms with Crippen molar-refractivity contribution in [1.29, 1.82) is 0 Å². The van der Waals surface area contributed by atoms with Gasteiger partial charge >= 0.3 is 6.01 Å². The number of aromatic nitrogens is 1. The lowest BCUT2D eigenvalue weighted by atomic mass is 10.3. The Morgan fingerprint density at radius 1 is 1.12 bits per heavy atom. The molecule has 128 valence electrons.